The van der Waals surface area contributed by atoms with Gasteiger partial charge in [-0.1, -0.05) is 0 Å². The molecule has 36 N–H and O–H groups in total. The van der Waals surface area contributed by atoms with Crippen molar-refractivity contribution in [1.29, 1.82) is 0 Å². The van der Waals surface area contributed by atoms with Crippen molar-refractivity contribution in [2.75, 3.05) is 66.1 Å². The summed E-state index contributed by atoms with van der Waals surface area (Å²) in [7, 11) is 0. The Labute approximate surface area is 779 Å². The van der Waals surface area contributed by atoms with Crippen molar-refractivity contribution >= 4 is 41.5 Å². The standard InChI is InChI=1S/C76H125N5O57/c1-18(91)77-35-23(96)6-75(73(116)117,135-58(35)40(100)25(98)8-82)137-61-44(104)29(12-86)122-69(53(61)113)130-56-32(15-89)126-66(38(48(56)108)80-21(4)94)133-63-50(110)42(102)27(10-84)124-71(63)120-17-34-46(106)60(52(112)68(128-34)129-55-31(14-88)121-65(115)37(47(55)107)79-20(3)93)132-72-64(51(111)43(103)28(11-85)125-72)134-67-39(81-22(5)95)49(109)57(33(16-90)127-67)131-70-54(114)62(45(105)30(13-87)123-70)138-76(74(118)119)7-24(97)36(78-19(2)92)59(136-76)41(101)26(99)9-83/h23-72,82-90,96-115H,6-17H2,1-5H3,(H,77,91)(H,78,92)(H,79,93)(H,80,94)(H,81,95)(H,116,117)(H,118,119)/t23-,24-,25+,26+,27+,28+,29+,30+,31+,32+,33+,34+,35+,36+,37+,38+,39+,40+,41+,42+,43+,44-,45-,46+,47+,48+,49+,50-,51-,52-,53+,54+,55+,56+,57+,58+,59+,60-,61-,62-,63-,64-,65+,66-,67-,68-,69-,70-,71-,72+,75-,76-/m0/s1. The molecule has 52 atom stereocenters. The fraction of sp³-hybridized carbons (Fsp3) is 0.908. The zero-order valence-electron chi connectivity index (χ0n) is 73.8. The average Bonchev–Trinajstić information content (AvgIpc) is 0.747. The third-order valence-corrected chi connectivity index (χ3v) is 24.8. The first kappa shape index (κ1) is 114. The number of hydrogen-bond acceptors (Lipinski definition) is 55. The van der Waals surface area contributed by atoms with Gasteiger partial charge >= 0.3 is 11.9 Å². The molecule has 0 aromatic carbocycles. The van der Waals surface area contributed by atoms with Gasteiger partial charge in [0.1, 0.15) is 232 Å². The number of aliphatic hydroxyl groups excluding tert-OH is 29. The van der Waals surface area contributed by atoms with Crippen molar-refractivity contribution in [3.63, 3.8) is 0 Å². The van der Waals surface area contributed by atoms with Gasteiger partial charge in [0.2, 0.25) is 29.5 Å². The lowest BCUT2D eigenvalue weighted by Crippen LogP contribution is -2.71. The van der Waals surface area contributed by atoms with Crippen LogP contribution in [0.15, 0.2) is 0 Å². The van der Waals surface area contributed by atoms with E-state index in [0.717, 1.165) is 34.6 Å². The maximum absolute atomic E-state index is 13.3. The second-order valence-electron chi connectivity index (χ2n) is 34.6. The summed E-state index contributed by atoms with van der Waals surface area (Å²) in [6.07, 6.45) is -105. The van der Waals surface area contributed by atoms with Crippen molar-refractivity contribution in [3.8, 4) is 0 Å². The number of carbonyl (C=O) groups is 7. The maximum atomic E-state index is 13.3. The number of rotatable bonds is 39. The fourth-order valence-electron chi connectivity index (χ4n) is 17.7. The summed E-state index contributed by atoms with van der Waals surface area (Å²) >= 11 is 0. The van der Waals surface area contributed by atoms with Gasteiger partial charge in [0.25, 0.3) is 11.6 Å². The number of carboxylic acid groups (broad SMARTS) is 2. The Morgan fingerprint density at radius 1 is 0.297 bits per heavy atom. The van der Waals surface area contributed by atoms with E-state index >= 15 is 0 Å². The normalized spacial score (nSPS) is 46.2. The molecule has 0 bridgehead atoms. The molecular weight excluding hydrogens is 1890 g/mol. The van der Waals surface area contributed by atoms with Crippen LogP contribution >= 0.6 is 0 Å². The lowest BCUT2D eigenvalue weighted by molar-refractivity contribution is -0.400. The van der Waals surface area contributed by atoms with Crippen molar-refractivity contribution in [2.24, 2.45) is 0 Å². The predicted molar refractivity (Wildman–Crippen MR) is 422 cm³/mol. The van der Waals surface area contributed by atoms with E-state index in [0.29, 0.717) is 0 Å². The summed E-state index contributed by atoms with van der Waals surface area (Å²) in [6.45, 7) is -7.94. The van der Waals surface area contributed by atoms with E-state index < -0.39 is 438 Å². The van der Waals surface area contributed by atoms with E-state index in [4.69, 9.17) is 90.0 Å². The molecule has 10 aliphatic rings. The molecule has 10 aliphatic heterocycles. The van der Waals surface area contributed by atoms with Gasteiger partial charge in [0, 0.05) is 47.5 Å². The smallest absolute Gasteiger partial charge is 0.364 e. The van der Waals surface area contributed by atoms with Gasteiger partial charge in [-0.15, -0.1) is 0 Å². The number of hydrogen-bond donors (Lipinski definition) is 36. The molecule has 10 saturated heterocycles. The number of carboxylic acids is 2. The van der Waals surface area contributed by atoms with Gasteiger partial charge in [0.15, 0.2) is 50.3 Å². The van der Waals surface area contributed by atoms with Gasteiger partial charge < -0.3 is 275 Å². The van der Waals surface area contributed by atoms with Crippen molar-refractivity contribution in [2.45, 2.75) is 365 Å². The monoisotopic (exact) mass is 2020 g/mol. The molecule has 0 aromatic heterocycles. The topological polar surface area (TPSA) is 982 Å². The Balaban J connectivity index is 0.932. The van der Waals surface area contributed by atoms with Gasteiger partial charge in [-0.2, -0.15) is 0 Å². The van der Waals surface area contributed by atoms with E-state index in [1.807, 2.05) is 0 Å². The molecule has 10 rings (SSSR count). The van der Waals surface area contributed by atoms with Crippen LogP contribution in [0.25, 0.3) is 0 Å². The molecule has 0 spiro atoms. The molecule has 62 nitrogen and oxygen atoms in total. The third-order valence-electron chi connectivity index (χ3n) is 24.8. The molecule has 0 radical (unpaired) electrons. The summed E-state index contributed by atoms with van der Waals surface area (Å²) in [5.74, 6) is -15.8. The number of aliphatic carboxylic acids is 2. The summed E-state index contributed by atoms with van der Waals surface area (Å²) < 4.78 is 112. The number of ether oxygens (including phenoxy) is 19. The van der Waals surface area contributed by atoms with E-state index in [-0.39, 0.29) is 0 Å². The summed E-state index contributed by atoms with van der Waals surface area (Å²) in [5, 5.41) is 359. The first-order chi connectivity index (χ1) is 65.0. The zero-order chi connectivity index (χ0) is 102. The van der Waals surface area contributed by atoms with Gasteiger partial charge in [0.05, 0.1) is 90.4 Å². The van der Waals surface area contributed by atoms with Crippen LogP contribution in [0, 0.1) is 0 Å². The zero-order valence-corrected chi connectivity index (χ0v) is 73.8. The molecular formula is C76H125N5O57. The van der Waals surface area contributed by atoms with Crippen LogP contribution in [0.5, 0.6) is 0 Å². The Morgan fingerprint density at radius 2 is 0.572 bits per heavy atom. The molecule has 138 heavy (non-hydrogen) atoms. The Hall–Kier alpha value is -5.63. The van der Waals surface area contributed by atoms with Gasteiger partial charge in [-0.25, -0.2) is 9.59 Å². The van der Waals surface area contributed by atoms with E-state index in [9.17, 15) is 192 Å². The molecule has 5 amide bonds. The van der Waals surface area contributed by atoms with E-state index in [2.05, 4.69) is 26.6 Å². The highest BCUT2D eigenvalue weighted by molar-refractivity contribution is 5.78. The molecule has 0 saturated carbocycles. The van der Waals surface area contributed by atoms with Crippen LogP contribution in [-0.2, 0) is 124 Å². The van der Waals surface area contributed by atoms with Crippen molar-refractivity contribution in [1.82, 2.24) is 26.6 Å². The molecule has 62 heteroatoms. The second kappa shape index (κ2) is 49.0. The second-order valence-corrected chi connectivity index (χ2v) is 34.6. The SMILES string of the molecule is CC(=O)N[C@@H]1[C@@H](O)[C@H](O[C@@H]2O[C@H](CO[C@H]3O[C@H](CO)[C@@H](O)[C@H](O)[C@@H]3O[C@@H]3O[C@H](CO)[C@@H](O[C@@H]4O[C@H](CO)[C@H](O)[C@H](O[C@]5(C(=O)O)C[C@H](O)[C@@H](NC(C)=O)[C@H]([C@H](O)[C@H](O)CO)O5)[C@H]4O)[C@H](O)[C@H]3NC(C)=O)[C@@H](O)[C@H](O[C@H]3O[C@H](CO)[C@@H](O)[C@H](O)[C@@H]3O[C@@H]3O[C@H](CO)[C@@H](O[C@@H]4O[C@H](CO)[C@H](O)[C@H](O[C@]5(C(=O)O)C[C@H](O)[C@@H](NC(C)=O)[C@H]([C@H](O)[C@H](O)CO)O5)[C@H]4O)[C@H](O)[C@H]3NC(C)=O)[C@@H]2O)[C@@H](CO)O[C@H]1O. The first-order valence-electron chi connectivity index (χ1n) is 43.4. The highest BCUT2D eigenvalue weighted by Gasteiger charge is 2.66. The predicted octanol–water partition coefficient (Wildman–Crippen LogP) is -23.7. The lowest BCUT2D eigenvalue weighted by Gasteiger charge is -2.51. The van der Waals surface area contributed by atoms with Crippen LogP contribution in [-0.4, -0.2) is 584 Å². The van der Waals surface area contributed by atoms with Crippen LogP contribution in [0.2, 0.25) is 0 Å². The molecule has 10 fully saturated rings. The number of aliphatic hydroxyl groups is 29. The molecule has 0 aliphatic carbocycles. The minimum Gasteiger partial charge on any atom is -0.477 e. The third kappa shape index (κ3) is 25.0. The first-order valence-corrected chi connectivity index (χ1v) is 43.4. The summed E-state index contributed by atoms with van der Waals surface area (Å²) in [6, 6.07) is -9.64. The van der Waals surface area contributed by atoms with E-state index in [1.54, 1.807) is 0 Å². The van der Waals surface area contributed by atoms with Crippen LogP contribution in [0.1, 0.15) is 47.5 Å². The maximum Gasteiger partial charge on any atom is 0.364 e. The van der Waals surface area contributed by atoms with Crippen LogP contribution in [0.4, 0.5) is 0 Å². The quantitative estimate of drug-likeness (QED) is 0.0272. The Kier molecular flexibility index (Phi) is 40.6. The number of nitrogens with one attached hydrogen (secondary N) is 5. The Bertz CT molecular complexity index is 3930. The van der Waals surface area contributed by atoms with Crippen LogP contribution < -0.4 is 26.6 Å². The largest absolute Gasteiger partial charge is 0.477 e. The molecule has 10 heterocycles. The highest BCUT2D eigenvalue weighted by Crippen LogP contribution is 2.44. The number of carbonyl (C=O) groups excluding carboxylic acids is 5. The Morgan fingerprint density at radius 3 is 0.920 bits per heavy atom. The molecule has 796 valence electrons. The van der Waals surface area contributed by atoms with Crippen molar-refractivity contribution < 1.29 is 282 Å². The van der Waals surface area contributed by atoms with Gasteiger partial charge in [-0.3, -0.25) is 24.0 Å². The summed E-state index contributed by atoms with van der Waals surface area (Å²) in [4.78, 5) is 90.0. The van der Waals surface area contributed by atoms with E-state index in [1.165, 1.54) is 0 Å². The van der Waals surface area contributed by atoms with Gasteiger partial charge in [-0.05, 0) is 0 Å². The van der Waals surface area contributed by atoms with Crippen LogP contribution in [0.3, 0.4) is 0 Å². The minimum atomic E-state index is -3.33. The number of amides is 5. The molecule has 0 aromatic rings. The molecule has 0 unspecified atom stereocenters. The average molecular weight is 2020 g/mol. The summed E-state index contributed by atoms with van der Waals surface area (Å²) in [5.41, 5.74) is 0. The minimum absolute atomic E-state index is 0.846. The van der Waals surface area contributed by atoms with Crippen molar-refractivity contribution in [3.05, 3.63) is 0 Å². The fourth-order valence-corrected chi connectivity index (χ4v) is 17.7. The lowest BCUT2D eigenvalue weighted by atomic mass is 9.88. The highest BCUT2D eigenvalue weighted by atomic mass is 16.8.